The van der Waals surface area contributed by atoms with Crippen LogP contribution in [0.5, 0.6) is 0 Å². The average molecular weight is 239 g/mol. The predicted octanol–water partition coefficient (Wildman–Crippen LogP) is -0.277. The molecule has 0 radical (unpaired) electrons. The molecular weight excluding hydrogens is 218 g/mol. The van der Waals surface area contributed by atoms with E-state index in [-0.39, 0.29) is 23.8 Å². The molecule has 2 rings (SSSR count). The van der Waals surface area contributed by atoms with Crippen LogP contribution in [0.15, 0.2) is 0 Å². The second kappa shape index (κ2) is 5.49. The average Bonchev–Trinajstić information content (AvgIpc) is 2.72. The molecule has 96 valence electrons. The molecule has 0 aromatic rings. The van der Waals surface area contributed by atoms with Crippen molar-refractivity contribution in [2.45, 2.75) is 32.2 Å². The van der Waals surface area contributed by atoms with E-state index in [0.717, 1.165) is 25.9 Å². The normalized spacial score (nSPS) is 29.5. The summed E-state index contributed by atoms with van der Waals surface area (Å²) in [5.41, 5.74) is 0. The molecule has 0 spiro atoms. The number of rotatable bonds is 3. The summed E-state index contributed by atoms with van der Waals surface area (Å²) in [6, 6.07) is 0.238. The molecule has 2 aliphatic heterocycles. The van der Waals surface area contributed by atoms with Crippen molar-refractivity contribution in [3.05, 3.63) is 0 Å². The van der Waals surface area contributed by atoms with E-state index in [1.54, 1.807) is 4.90 Å². The fraction of sp³-hybridized carbons (Fsp3) is 0.833. The van der Waals surface area contributed by atoms with E-state index in [1.807, 2.05) is 6.92 Å². The Labute approximate surface area is 102 Å². The van der Waals surface area contributed by atoms with Crippen LogP contribution < -0.4 is 10.6 Å². The molecule has 2 saturated heterocycles. The number of piperidine rings is 1. The lowest BCUT2D eigenvalue weighted by atomic mass is 10.0. The monoisotopic (exact) mass is 239 g/mol. The summed E-state index contributed by atoms with van der Waals surface area (Å²) in [4.78, 5) is 25.3. The zero-order valence-corrected chi connectivity index (χ0v) is 10.4. The topological polar surface area (TPSA) is 61.4 Å². The molecule has 5 heteroatoms. The summed E-state index contributed by atoms with van der Waals surface area (Å²) in [5.74, 6) is 0.00166. The molecule has 0 bridgehead atoms. The van der Waals surface area contributed by atoms with Gasteiger partial charge in [0.15, 0.2) is 0 Å². The van der Waals surface area contributed by atoms with Crippen LogP contribution in [-0.4, -0.2) is 48.9 Å². The molecular formula is C12H21N3O2. The van der Waals surface area contributed by atoms with Gasteiger partial charge < -0.3 is 15.5 Å². The number of hydrogen-bond donors (Lipinski definition) is 2. The van der Waals surface area contributed by atoms with Gasteiger partial charge >= 0.3 is 0 Å². The predicted molar refractivity (Wildman–Crippen MR) is 64.4 cm³/mol. The van der Waals surface area contributed by atoms with Gasteiger partial charge in [0.05, 0.1) is 5.92 Å². The first-order chi connectivity index (χ1) is 8.20. The van der Waals surface area contributed by atoms with Crippen LogP contribution in [0, 0.1) is 5.92 Å². The Morgan fingerprint density at radius 3 is 3.00 bits per heavy atom. The third kappa shape index (κ3) is 2.97. The number of nitrogens with zero attached hydrogens (tertiary/aromatic N) is 1. The SMILES string of the molecule is CCN1CC(C(=O)NC2CCCNC2)CC1=O. The minimum absolute atomic E-state index is 0.0444. The van der Waals surface area contributed by atoms with Crippen LogP contribution in [0.3, 0.4) is 0 Å². The van der Waals surface area contributed by atoms with Crippen LogP contribution in [0.2, 0.25) is 0 Å². The summed E-state index contributed by atoms with van der Waals surface area (Å²) < 4.78 is 0. The first-order valence-electron chi connectivity index (χ1n) is 6.49. The van der Waals surface area contributed by atoms with Crippen molar-refractivity contribution < 1.29 is 9.59 Å². The highest BCUT2D eigenvalue weighted by Gasteiger charge is 2.34. The third-order valence-electron chi connectivity index (χ3n) is 3.61. The summed E-state index contributed by atoms with van der Waals surface area (Å²) in [7, 11) is 0. The molecule has 0 aliphatic carbocycles. The molecule has 2 atom stereocenters. The summed E-state index contributed by atoms with van der Waals surface area (Å²) in [5, 5.41) is 6.31. The summed E-state index contributed by atoms with van der Waals surface area (Å²) in [6.07, 6.45) is 2.52. The number of nitrogens with one attached hydrogen (secondary N) is 2. The molecule has 2 N–H and O–H groups in total. The fourth-order valence-corrected chi connectivity index (χ4v) is 2.55. The minimum Gasteiger partial charge on any atom is -0.352 e. The van der Waals surface area contributed by atoms with E-state index in [2.05, 4.69) is 10.6 Å². The van der Waals surface area contributed by atoms with Crippen LogP contribution >= 0.6 is 0 Å². The van der Waals surface area contributed by atoms with E-state index in [1.165, 1.54) is 0 Å². The van der Waals surface area contributed by atoms with Gasteiger partial charge in [-0.1, -0.05) is 0 Å². The van der Waals surface area contributed by atoms with E-state index in [9.17, 15) is 9.59 Å². The smallest absolute Gasteiger partial charge is 0.225 e. The maximum absolute atomic E-state index is 12.0. The quantitative estimate of drug-likeness (QED) is 0.712. The van der Waals surface area contributed by atoms with Crippen molar-refractivity contribution in [2.24, 2.45) is 5.92 Å². The maximum atomic E-state index is 12.0. The second-order valence-corrected chi connectivity index (χ2v) is 4.89. The van der Waals surface area contributed by atoms with Gasteiger partial charge in [0.2, 0.25) is 11.8 Å². The highest BCUT2D eigenvalue weighted by molar-refractivity contribution is 5.89. The van der Waals surface area contributed by atoms with Gasteiger partial charge in [-0.3, -0.25) is 9.59 Å². The lowest BCUT2D eigenvalue weighted by molar-refractivity contribution is -0.129. The Morgan fingerprint density at radius 2 is 2.41 bits per heavy atom. The standard InChI is InChI=1S/C12H21N3O2/c1-2-15-8-9(6-11(15)16)12(17)14-10-4-3-5-13-7-10/h9-10,13H,2-8H2,1H3,(H,14,17). The molecule has 2 heterocycles. The lowest BCUT2D eigenvalue weighted by Gasteiger charge is -2.25. The van der Waals surface area contributed by atoms with Crippen molar-refractivity contribution in [3.8, 4) is 0 Å². The van der Waals surface area contributed by atoms with Crippen molar-refractivity contribution in [3.63, 3.8) is 0 Å². The number of amides is 2. The summed E-state index contributed by atoms with van der Waals surface area (Å²) >= 11 is 0. The maximum Gasteiger partial charge on any atom is 0.225 e. The van der Waals surface area contributed by atoms with Crippen molar-refractivity contribution in [1.82, 2.24) is 15.5 Å². The van der Waals surface area contributed by atoms with E-state index >= 15 is 0 Å². The van der Waals surface area contributed by atoms with Crippen molar-refractivity contribution >= 4 is 11.8 Å². The molecule has 0 saturated carbocycles. The Balaban J connectivity index is 1.82. The zero-order valence-electron chi connectivity index (χ0n) is 10.4. The van der Waals surface area contributed by atoms with Crippen LogP contribution in [0.25, 0.3) is 0 Å². The van der Waals surface area contributed by atoms with Gasteiger partial charge in [0, 0.05) is 32.1 Å². The minimum atomic E-state index is -0.149. The molecule has 0 aromatic carbocycles. The molecule has 2 amide bonds. The molecule has 0 aromatic heterocycles. The number of carbonyl (C=O) groups excluding carboxylic acids is 2. The molecule has 5 nitrogen and oxygen atoms in total. The van der Waals surface area contributed by atoms with Gasteiger partial charge in [0.1, 0.15) is 0 Å². The first-order valence-corrected chi connectivity index (χ1v) is 6.49. The molecule has 2 fully saturated rings. The van der Waals surface area contributed by atoms with Crippen LogP contribution in [0.1, 0.15) is 26.2 Å². The second-order valence-electron chi connectivity index (χ2n) is 4.89. The Bertz CT molecular complexity index is 300. The third-order valence-corrected chi connectivity index (χ3v) is 3.61. The number of likely N-dealkylation sites (tertiary alicyclic amines) is 1. The van der Waals surface area contributed by atoms with Crippen LogP contribution in [0.4, 0.5) is 0 Å². The molecule has 17 heavy (non-hydrogen) atoms. The lowest BCUT2D eigenvalue weighted by Crippen LogP contribution is -2.47. The van der Waals surface area contributed by atoms with Crippen molar-refractivity contribution in [1.29, 1.82) is 0 Å². The van der Waals surface area contributed by atoms with Crippen LogP contribution in [-0.2, 0) is 9.59 Å². The van der Waals surface area contributed by atoms with E-state index in [0.29, 0.717) is 19.5 Å². The number of carbonyl (C=O) groups is 2. The molecule has 2 unspecified atom stereocenters. The highest BCUT2D eigenvalue weighted by atomic mass is 16.2. The zero-order chi connectivity index (χ0) is 12.3. The van der Waals surface area contributed by atoms with E-state index in [4.69, 9.17) is 0 Å². The Hall–Kier alpha value is -1.10. The van der Waals surface area contributed by atoms with Gasteiger partial charge in [-0.25, -0.2) is 0 Å². The summed E-state index contributed by atoms with van der Waals surface area (Å²) in [6.45, 7) is 5.12. The first kappa shape index (κ1) is 12.4. The number of hydrogen-bond acceptors (Lipinski definition) is 3. The Kier molecular flexibility index (Phi) is 3.99. The van der Waals surface area contributed by atoms with Gasteiger partial charge in [-0.2, -0.15) is 0 Å². The highest BCUT2D eigenvalue weighted by Crippen LogP contribution is 2.18. The van der Waals surface area contributed by atoms with Gasteiger partial charge in [0.25, 0.3) is 0 Å². The largest absolute Gasteiger partial charge is 0.352 e. The molecule has 2 aliphatic rings. The van der Waals surface area contributed by atoms with E-state index < -0.39 is 0 Å². The van der Waals surface area contributed by atoms with Gasteiger partial charge in [-0.15, -0.1) is 0 Å². The Morgan fingerprint density at radius 1 is 1.59 bits per heavy atom. The fourth-order valence-electron chi connectivity index (χ4n) is 2.55. The van der Waals surface area contributed by atoms with Crippen molar-refractivity contribution in [2.75, 3.05) is 26.2 Å². The van der Waals surface area contributed by atoms with Gasteiger partial charge in [-0.05, 0) is 26.3 Å².